The fourth-order valence-corrected chi connectivity index (χ4v) is 3.76. The van der Waals surface area contributed by atoms with E-state index < -0.39 is 20.1 Å². The Bertz CT molecular complexity index is 802. The Kier molecular flexibility index (Phi) is 4.43. The third kappa shape index (κ3) is 3.48. The van der Waals surface area contributed by atoms with E-state index in [0.717, 1.165) is 7.05 Å². The quantitative estimate of drug-likeness (QED) is 0.780. The van der Waals surface area contributed by atoms with Crippen LogP contribution in [0.3, 0.4) is 0 Å². The van der Waals surface area contributed by atoms with E-state index in [-0.39, 0.29) is 9.79 Å². The fraction of sp³-hybridized carbons (Fsp3) is 0.0769. The molecule has 0 aromatic heterocycles. The molecule has 0 radical (unpaired) electrons. The maximum Gasteiger partial charge on any atom is 0.314 e. The number of rotatable bonds is 5. The van der Waals surface area contributed by atoms with Crippen molar-refractivity contribution in [3.8, 4) is 0 Å². The average molecular weight is 327 g/mol. The number of nitrogens with zero attached hydrogens (tertiary/aromatic N) is 1. The second-order valence-corrected chi connectivity index (χ2v) is 7.53. The molecule has 0 amide bonds. The predicted molar refractivity (Wildman–Crippen MR) is 76.1 cm³/mol. The zero-order valence-corrected chi connectivity index (χ0v) is 12.7. The van der Waals surface area contributed by atoms with Crippen molar-refractivity contribution in [3.63, 3.8) is 0 Å². The molecule has 112 valence electrons. The van der Waals surface area contributed by atoms with Crippen LogP contribution in [0, 0.1) is 0 Å². The molecule has 0 aliphatic rings. The lowest BCUT2D eigenvalue weighted by atomic mass is 10.4. The molecule has 0 fully saturated rings. The van der Waals surface area contributed by atoms with Crippen molar-refractivity contribution in [2.75, 3.05) is 7.05 Å². The second-order valence-electron chi connectivity index (χ2n) is 4.07. The summed E-state index contributed by atoms with van der Waals surface area (Å²) in [7, 11) is -7.22. The van der Waals surface area contributed by atoms with Crippen molar-refractivity contribution in [2.24, 2.45) is 0 Å². The Morgan fingerprint density at radius 3 is 1.67 bits per heavy atom. The van der Waals surface area contributed by atoms with Gasteiger partial charge in [-0.05, 0) is 24.3 Å². The Morgan fingerprint density at radius 2 is 1.19 bits per heavy atom. The van der Waals surface area contributed by atoms with Gasteiger partial charge in [-0.2, -0.15) is 12.7 Å². The molecule has 2 rings (SSSR count). The molecule has 0 spiro atoms. The van der Waals surface area contributed by atoms with Crippen molar-refractivity contribution in [2.45, 2.75) is 9.79 Å². The number of benzene rings is 2. The Labute approximate surface area is 123 Å². The summed E-state index contributed by atoms with van der Waals surface area (Å²) in [6.07, 6.45) is 0. The minimum Gasteiger partial charge on any atom is -0.205 e. The monoisotopic (exact) mass is 327 g/mol. The molecule has 0 aliphatic carbocycles. The van der Waals surface area contributed by atoms with Crippen LogP contribution in [0.15, 0.2) is 70.5 Å². The average Bonchev–Trinajstić information content (AvgIpc) is 2.48. The van der Waals surface area contributed by atoms with Crippen LogP contribution in [0.1, 0.15) is 0 Å². The van der Waals surface area contributed by atoms with Crippen molar-refractivity contribution >= 4 is 20.1 Å². The van der Waals surface area contributed by atoms with Crippen molar-refractivity contribution in [1.29, 1.82) is 0 Å². The first kappa shape index (κ1) is 15.6. The predicted octanol–water partition coefficient (Wildman–Crippen LogP) is 1.63. The highest BCUT2D eigenvalue weighted by atomic mass is 32.2. The van der Waals surface area contributed by atoms with Crippen LogP contribution in [0.5, 0.6) is 0 Å². The molecule has 0 bridgehead atoms. The van der Waals surface area contributed by atoms with E-state index in [1.54, 1.807) is 12.1 Å². The normalized spacial score (nSPS) is 12.5. The van der Waals surface area contributed by atoms with Crippen LogP contribution in [0.2, 0.25) is 0 Å². The van der Waals surface area contributed by atoms with Crippen LogP contribution >= 0.6 is 0 Å². The largest absolute Gasteiger partial charge is 0.314 e. The van der Waals surface area contributed by atoms with Gasteiger partial charge in [-0.25, -0.2) is 8.42 Å². The Balaban J connectivity index is 2.28. The van der Waals surface area contributed by atoms with Gasteiger partial charge in [0.05, 0.1) is 9.79 Å². The van der Waals surface area contributed by atoms with Gasteiger partial charge in [0.1, 0.15) is 0 Å². The van der Waals surface area contributed by atoms with Crippen LogP contribution in [-0.4, -0.2) is 28.4 Å². The summed E-state index contributed by atoms with van der Waals surface area (Å²) in [6.45, 7) is 0. The number of sulfonamides is 1. The number of hydrogen-bond donors (Lipinski definition) is 0. The van der Waals surface area contributed by atoms with Gasteiger partial charge in [-0.1, -0.05) is 40.9 Å². The lowest BCUT2D eigenvalue weighted by molar-refractivity contribution is 0.0734. The molecule has 0 atom stereocenters. The summed E-state index contributed by atoms with van der Waals surface area (Å²) in [5.41, 5.74) is 0. The standard InChI is InChI=1S/C13H13NO5S2/c1-14(20(15,16)12-8-4-2-5-9-12)19-21(17,18)13-10-6-3-7-11-13/h2-11H,1H3. The van der Waals surface area contributed by atoms with Gasteiger partial charge < -0.3 is 0 Å². The molecule has 0 aliphatic heterocycles. The molecule has 0 N–H and O–H groups in total. The number of hydrogen-bond acceptors (Lipinski definition) is 5. The summed E-state index contributed by atoms with van der Waals surface area (Å²) >= 11 is 0. The SMILES string of the molecule is CN(OS(=O)(=O)c1ccccc1)S(=O)(=O)c1ccccc1. The van der Waals surface area contributed by atoms with Crippen LogP contribution in [0.4, 0.5) is 0 Å². The van der Waals surface area contributed by atoms with Gasteiger partial charge in [0, 0.05) is 7.05 Å². The maximum absolute atomic E-state index is 12.2. The maximum atomic E-state index is 12.2. The zero-order valence-electron chi connectivity index (χ0n) is 11.1. The van der Waals surface area contributed by atoms with Gasteiger partial charge in [0.25, 0.3) is 10.0 Å². The number of hydroxylamine groups is 1. The molecule has 8 heteroatoms. The third-order valence-corrected chi connectivity index (χ3v) is 5.60. The molecule has 0 saturated carbocycles. The summed E-state index contributed by atoms with van der Waals surface area (Å²) in [5, 5.41) is 0. The molecule has 0 unspecified atom stereocenters. The van der Waals surface area contributed by atoms with Gasteiger partial charge >= 0.3 is 10.1 Å². The lowest BCUT2D eigenvalue weighted by Crippen LogP contribution is -2.30. The van der Waals surface area contributed by atoms with Gasteiger partial charge in [0.15, 0.2) is 0 Å². The second kappa shape index (κ2) is 5.94. The minimum atomic E-state index is -4.20. The molecular weight excluding hydrogens is 314 g/mol. The smallest absolute Gasteiger partial charge is 0.205 e. The van der Waals surface area contributed by atoms with Crippen molar-refractivity contribution < 1.29 is 21.1 Å². The first-order valence-corrected chi connectivity index (χ1v) is 8.72. The van der Waals surface area contributed by atoms with Gasteiger partial charge in [-0.3, -0.25) is 0 Å². The first-order valence-electron chi connectivity index (χ1n) is 5.88. The van der Waals surface area contributed by atoms with Crippen molar-refractivity contribution in [1.82, 2.24) is 4.47 Å². The molecule has 0 heterocycles. The molecular formula is C13H13NO5S2. The summed E-state index contributed by atoms with van der Waals surface area (Å²) in [5.74, 6) is 0. The van der Waals surface area contributed by atoms with E-state index in [2.05, 4.69) is 4.28 Å². The van der Waals surface area contributed by atoms with Gasteiger partial charge in [-0.15, -0.1) is 0 Å². The molecule has 6 nitrogen and oxygen atoms in total. The minimum absolute atomic E-state index is 0.0595. The summed E-state index contributed by atoms with van der Waals surface area (Å²) < 4.78 is 53.3. The summed E-state index contributed by atoms with van der Waals surface area (Å²) in [6, 6.07) is 14.7. The molecule has 21 heavy (non-hydrogen) atoms. The first-order chi connectivity index (χ1) is 9.84. The van der Waals surface area contributed by atoms with E-state index in [9.17, 15) is 16.8 Å². The van der Waals surface area contributed by atoms with Crippen LogP contribution in [-0.2, 0) is 24.4 Å². The van der Waals surface area contributed by atoms with Crippen LogP contribution < -0.4 is 0 Å². The van der Waals surface area contributed by atoms with E-state index in [4.69, 9.17) is 0 Å². The Morgan fingerprint density at radius 1 is 0.762 bits per heavy atom. The van der Waals surface area contributed by atoms with E-state index in [1.165, 1.54) is 48.5 Å². The zero-order chi connectivity index (χ0) is 15.5. The lowest BCUT2D eigenvalue weighted by Gasteiger charge is -2.16. The highest BCUT2D eigenvalue weighted by Crippen LogP contribution is 2.18. The Hall–Kier alpha value is -1.74. The molecule has 2 aromatic carbocycles. The highest BCUT2D eigenvalue weighted by Gasteiger charge is 2.27. The topological polar surface area (TPSA) is 80.8 Å². The summed E-state index contributed by atoms with van der Waals surface area (Å²) in [4.78, 5) is -0.184. The van der Waals surface area contributed by atoms with E-state index in [1.807, 2.05) is 0 Å². The molecule has 2 aromatic rings. The highest BCUT2D eigenvalue weighted by molar-refractivity contribution is 7.90. The van der Waals surface area contributed by atoms with E-state index >= 15 is 0 Å². The van der Waals surface area contributed by atoms with Crippen molar-refractivity contribution in [3.05, 3.63) is 60.7 Å². The van der Waals surface area contributed by atoms with E-state index in [0.29, 0.717) is 4.47 Å². The van der Waals surface area contributed by atoms with Crippen LogP contribution in [0.25, 0.3) is 0 Å². The third-order valence-electron chi connectivity index (χ3n) is 2.61. The fourth-order valence-electron chi connectivity index (χ4n) is 1.55. The molecule has 0 saturated heterocycles. The van der Waals surface area contributed by atoms with Gasteiger partial charge in [0.2, 0.25) is 0 Å².